The van der Waals surface area contributed by atoms with Gasteiger partial charge in [0.1, 0.15) is 0 Å². The second-order valence-electron chi connectivity index (χ2n) is 5.94. The van der Waals surface area contributed by atoms with E-state index in [0.29, 0.717) is 11.8 Å². The van der Waals surface area contributed by atoms with Crippen molar-refractivity contribution < 1.29 is 4.79 Å². The molecule has 2 atom stereocenters. The number of amides is 1. The van der Waals surface area contributed by atoms with Crippen LogP contribution in [0.5, 0.6) is 0 Å². The van der Waals surface area contributed by atoms with Crippen LogP contribution in [0.25, 0.3) is 0 Å². The van der Waals surface area contributed by atoms with E-state index in [1.807, 2.05) is 11.8 Å². The molecule has 0 aromatic heterocycles. The topological polar surface area (TPSA) is 46.3 Å². The molecule has 0 rings (SSSR count). The highest BCUT2D eigenvalue weighted by molar-refractivity contribution is 5.82. The van der Waals surface area contributed by atoms with Gasteiger partial charge in [0.25, 0.3) is 0 Å². The molecular formula is C14H30N2O. The van der Waals surface area contributed by atoms with Crippen LogP contribution < -0.4 is 5.73 Å². The Balaban J connectivity index is 4.61. The monoisotopic (exact) mass is 242 g/mol. The fourth-order valence-electron chi connectivity index (χ4n) is 1.84. The van der Waals surface area contributed by atoms with E-state index in [-0.39, 0.29) is 17.9 Å². The molecule has 17 heavy (non-hydrogen) atoms. The largest absolute Gasteiger partial charge is 0.341 e. The van der Waals surface area contributed by atoms with Gasteiger partial charge >= 0.3 is 0 Å². The molecule has 0 saturated carbocycles. The standard InChI is InChI=1S/C14H30N2O/c1-7-12(6)13(15)14(17)16(8-10(2)3)9-11(4)5/h10-13H,7-9,15H2,1-6H3. The van der Waals surface area contributed by atoms with Crippen molar-refractivity contribution in [2.75, 3.05) is 13.1 Å². The van der Waals surface area contributed by atoms with Gasteiger partial charge in [-0.1, -0.05) is 48.0 Å². The summed E-state index contributed by atoms with van der Waals surface area (Å²) < 4.78 is 0. The van der Waals surface area contributed by atoms with Gasteiger partial charge in [0.15, 0.2) is 0 Å². The lowest BCUT2D eigenvalue weighted by Gasteiger charge is -2.30. The van der Waals surface area contributed by atoms with Crippen molar-refractivity contribution in [3.63, 3.8) is 0 Å². The molecule has 2 unspecified atom stereocenters. The van der Waals surface area contributed by atoms with Crippen molar-refractivity contribution in [3.8, 4) is 0 Å². The minimum Gasteiger partial charge on any atom is -0.341 e. The maximum atomic E-state index is 12.3. The van der Waals surface area contributed by atoms with Crippen molar-refractivity contribution >= 4 is 5.91 Å². The van der Waals surface area contributed by atoms with Crippen LogP contribution in [0.15, 0.2) is 0 Å². The molecule has 0 spiro atoms. The fourth-order valence-corrected chi connectivity index (χ4v) is 1.84. The molecule has 2 N–H and O–H groups in total. The van der Waals surface area contributed by atoms with Crippen LogP contribution in [0.3, 0.4) is 0 Å². The number of hydrogen-bond acceptors (Lipinski definition) is 2. The van der Waals surface area contributed by atoms with Crippen LogP contribution in [0.2, 0.25) is 0 Å². The van der Waals surface area contributed by atoms with Crippen LogP contribution in [0.1, 0.15) is 48.0 Å². The Hall–Kier alpha value is -0.570. The van der Waals surface area contributed by atoms with Gasteiger partial charge in [-0.25, -0.2) is 0 Å². The summed E-state index contributed by atoms with van der Waals surface area (Å²) in [5.41, 5.74) is 6.03. The Bertz CT molecular complexity index is 216. The van der Waals surface area contributed by atoms with Crippen LogP contribution in [0.4, 0.5) is 0 Å². The van der Waals surface area contributed by atoms with Crippen LogP contribution in [-0.4, -0.2) is 29.9 Å². The summed E-state index contributed by atoms with van der Waals surface area (Å²) in [4.78, 5) is 14.3. The number of carbonyl (C=O) groups is 1. The number of rotatable bonds is 7. The first kappa shape index (κ1) is 16.4. The van der Waals surface area contributed by atoms with Crippen LogP contribution in [0, 0.1) is 17.8 Å². The number of hydrogen-bond donors (Lipinski definition) is 1. The zero-order valence-corrected chi connectivity index (χ0v) is 12.4. The number of nitrogens with zero attached hydrogens (tertiary/aromatic N) is 1. The molecule has 3 nitrogen and oxygen atoms in total. The molecule has 0 aliphatic heterocycles. The lowest BCUT2D eigenvalue weighted by Crippen LogP contribution is -2.49. The summed E-state index contributed by atoms with van der Waals surface area (Å²) in [5, 5.41) is 0. The van der Waals surface area contributed by atoms with Gasteiger partial charge in [0.05, 0.1) is 6.04 Å². The maximum absolute atomic E-state index is 12.3. The number of nitrogens with two attached hydrogens (primary N) is 1. The van der Waals surface area contributed by atoms with Crippen molar-refractivity contribution in [1.29, 1.82) is 0 Å². The summed E-state index contributed by atoms with van der Waals surface area (Å²) in [6.45, 7) is 14.3. The van der Waals surface area contributed by atoms with Gasteiger partial charge in [0.2, 0.25) is 5.91 Å². The Labute approximate surface area is 107 Å². The molecule has 102 valence electrons. The molecule has 0 aromatic carbocycles. The molecule has 0 fully saturated rings. The third-order valence-electron chi connectivity index (χ3n) is 3.02. The third-order valence-corrected chi connectivity index (χ3v) is 3.02. The first-order chi connectivity index (χ1) is 7.79. The second-order valence-corrected chi connectivity index (χ2v) is 5.94. The van der Waals surface area contributed by atoms with Crippen molar-refractivity contribution in [1.82, 2.24) is 4.90 Å². The molecule has 0 heterocycles. The lowest BCUT2D eigenvalue weighted by molar-refractivity contribution is -0.134. The zero-order valence-electron chi connectivity index (χ0n) is 12.4. The van der Waals surface area contributed by atoms with Gasteiger partial charge in [-0.3, -0.25) is 4.79 Å². The predicted molar refractivity (Wildman–Crippen MR) is 73.7 cm³/mol. The van der Waals surface area contributed by atoms with E-state index in [1.54, 1.807) is 0 Å². The van der Waals surface area contributed by atoms with Gasteiger partial charge in [0, 0.05) is 13.1 Å². The first-order valence-corrected chi connectivity index (χ1v) is 6.83. The van der Waals surface area contributed by atoms with Gasteiger partial charge in [-0.2, -0.15) is 0 Å². The zero-order chi connectivity index (χ0) is 13.6. The van der Waals surface area contributed by atoms with E-state index < -0.39 is 0 Å². The molecule has 0 radical (unpaired) electrons. The highest BCUT2D eigenvalue weighted by Crippen LogP contribution is 2.11. The third kappa shape index (κ3) is 6.06. The molecule has 3 heteroatoms. The first-order valence-electron chi connectivity index (χ1n) is 6.83. The quantitative estimate of drug-likeness (QED) is 0.745. The predicted octanol–water partition coefficient (Wildman–Crippen LogP) is 2.50. The van der Waals surface area contributed by atoms with E-state index in [0.717, 1.165) is 19.5 Å². The van der Waals surface area contributed by atoms with Crippen molar-refractivity contribution in [3.05, 3.63) is 0 Å². The van der Waals surface area contributed by atoms with Gasteiger partial charge in [-0.15, -0.1) is 0 Å². The summed E-state index contributed by atoms with van der Waals surface area (Å²) in [7, 11) is 0. The van der Waals surface area contributed by atoms with Crippen molar-refractivity contribution in [2.24, 2.45) is 23.5 Å². The average Bonchev–Trinajstić information content (AvgIpc) is 2.23. The number of carbonyl (C=O) groups excluding carboxylic acids is 1. The Morgan fingerprint density at radius 3 is 1.76 bits per heavy atom. The lowest BCUT2D eigenvalue weighted by atomic mass is 9.98. The van der Waals surface area contributed by atoms with Gasteiger partial charge in [-0.05, 0) is 17.8 Å². The smallest absolute Gasteiger partial charge is 0.239 e. The summed E-state index contributed by atoms with van der Waals surface area (Å²) in [6.07, 6.45) is 0.949. The van der Waals surface area contributed by atoms with E-state index >= 15 is 0 Å². The highest BCUT2D eigenvalue weighted by Gasteiger charge is 2.25. The SMILES string of the molecule is CCC(C)C(N)C(=O)N(CC(C)C)CC(C)C. The fraction of sp³-hybridized carbons (Fsp3) is 0.929. The Morgan fingerprint density at radius 1 is 1.06 bits per heavy atom. The van der Waals surface area contributed by atoms with Crippen LogP contribution >= 0.6 is 0 Å². The van der Waals surface area contributed by atoms with Gasteiger partial charge < -0.3 is 10.6 Å². The maximum Gasteiger partial charge on any atom is 0.239 e. The molecule has 0 saturated heterocycles. The minimum atomic E-state index is -0.350. The molecule has 0 aromatic rings. The Kier molecular flexibility index (Phi) is 7.44. The van der Waals surface area contributed by atoms with E-state index in [4.69, 9.17) is 5.73 Å². The average molecular weight is 242 g/mol. The normalized spacial score (nSPS) is 15.1. The van der Waals surface area contributed by atoms with E-state index in [1.165, 1.54) is 0 Å². The molecule has 0 aliphatic rings. The Morgan fingerprint density at radius 2 is 1.47 bits per heavy atom. The summed E-state index contributed by atoms with van der Waals surface area (Å²) >= 11 is 0. The molecular weight excluding hydrogens is 212 g/mol. The highest BCUT2D eigenvalue weighted by atomic mass is 16.2. The molecule has 1 amide bonds. The minimum absolute atomic E-state index is 0.113. The van der Waals surface area contributed by atoms with Crippen molar-refractivity contribution in [2.45, 2.75) is 54.0 Å². The van der Waals surface area contributed by atoms with Crippen LogP contribution in [-0.2, 0) is 4.79 Å². The molecule has 0 bridgehead atoms. The van der Waals surface area contributed by atoms with E-state index in [9.17, 15) is 4.79 Å². The summed E-state index contributed by atoms with van der Waals surface area (Å²) in [6, 6.07) is -0.350. The molecule has 0 aliphatic carbocycles. The summed E-state index contributed by atoms with van der Waals surface area (Å²) in [5.74, 6) is 1.34. The second kappa shape index (κ2) is 7.70. The van der Waals surface area contributed by atoms with E-state index in [2.05, 4.69) is 34.6 Å².